The lowest BCUT2D eigenvalue weighted by Crippen LogP contribution is -2.28. The number of hydrogen-bond donors (Lipinski definition) is 1. The molecule has 0 fully saturated rings. The summed E-state index contributed by atoms with van der Waals surface area (Å²) in [6, 6.07) is 1.78. The predicted molar refractivity (Wildman–Crippen MR) is 94.6 cm³/mol. The van der Waals surface area contributed by atoms with Crippen LogP contribution < -0.4 is 9.46 Å². The molecule has 1 aromatic rings. The number of nitrogens with one attached hydrogen (secondary N) is 1. The van der Waals surface area contributed by atoms with Gasteiger partial charge < -0.3 is 4.74 Å². The van der Waals surface area contributed by atoms with Gasteiger partial charge in [0.15, 0.2) is 0 Å². The standard InChI is InChI=1S/C16H27NO3S2/c1-11-10-14(20-7)12(2)13(3)15(11)22(18,19)17-8-9-21-16(4,5)6/h10,17H,8-9H2,1-7H3. The molecule has 0 heterocycles. The number of hydrogen-bond acceptors (Lipinski definition) is 4. The number of ether oxygens (including phenoxy) is 1. The molecule has 0 saturated heterocycles. The van der Waals surface area contributed by atoms with Crippen LogP contribution in [0.4, 0.5) is 0 Å². The van der Waals surface area contributed by atoms with Crippen LogP contribution in [0.25, 0.3) is 0 Å². The quantitative estimate of drug-likeness (QED) is 0.803. The minimum atomic E-state index is -3.51. The van der Waals surface area contributed by atoms with E-state index in [9.17, 15) is 8.42 Å². The van der Waals surface area contributed by atoms with Gasteiger partial charge in [-0.25, -0.2) is 13.1 Å². The monoisotopic (exact) mass is 345 g/mol. The van der Waals surface area contributed by atoms with Crippen LogP contribution in [0.15, 0.2) is 11.0 Å². The fourth-order valence-electron chi connectivity index (χ4n) is 2.25. The van der Waals surface area contributed by atoms with Gasteiger partial charge in [0.05, 0.1) is 12.0 Å². The Balaban J connectivity index is 2.97. The lowest BCUT2D eigenvalue weighted by atomic mass is 10.1. The second kappa shape index (κ2) is 7.23. The maximum Gasteiger partial charge on any atom is 0.241 e. The number of aryl methyl sites for hydroxylation is 1. The van der Waals surface area contributed by atoms with Crippen LogP contribution in [-0.2, 0) is 10.0 Å². The third-order valence-electron chi connectivity index (χ3n) is 3.40. The topological polar surface area (TPSA) is 55.4 Å². The summed E-state index contributed by atoms with van der Waals surface area (Å²) in [6.07, 6.45) is 0. The summed E-state index contributed by atoms with van der Waals surface area (Å²) in [5.41, 5.74) is 2.31. The van der Waals surface area contributed by atoms with E-state index in [0.29, 0.717) is 17.0 Å². The highest BCUT2D eigenvalue weighted by Gasteiger charge is 2.22. The first kappa shape index (κ1) is 19.3. The number of methoxy groups -OCH3 is 1. The van der Waals surface area contributed by atoms with E-state index < -0.39 is 10.0 Å². The zero-order valence-electron chi connectivity index (χ0n) is 14.5. The normalized spacial score (nSPS) is 12.5. The summed E-state index contributed by atoms with van der Waals surface area (Å²) >= 11 is 1.74. The molecule has 0 unspecified atom stereocenters. The summed E-state index contributed by atoms with van der Waals surface area (Å²) < 4.78 is 33.3. The summed E-state index contributed by atoms with van der Waals surface area (Å²) in [5.74, 6) is 1.47. The van der Waals surface area contributed by atoms with Crippen molar-refractivity contribution in [3.63, 3.8) is 0 Å². The van der Waals surface area contributed by atoms with Crippen LogP contribution in [0, 0.1) is 20.8 Å². The molecule has 0 spiro atoms. The largest absolute Gasteiger partial charge is 0.496 e. The first-order chi connectivity index (χ1) is 9.99. The van der Waals surface area contributed by atoms with Gasteiger partial charge >= 0.3 is 0 Å². The van der Waals surface area contributed by atoms with Gasteiger partial charge in [-0.3, -0.25) is 0 Å². The van der Waals surface area contributed by atoms with Gasteiger partial charge in [-0.05, 0) is 43.5 Å². The van der Waals surface area contributed by atoms with E-state index in [1.165, 1.54) is 0 Å². The van der Waals surface area contributed by atoms with Gasteiger partial charge in [0.2, 0.25) is 10.0 Å². The van der Waals surface area contributed by atoms with E-state index in [2.05, 4.69) is 25.5 Å². The average molecular weight is 346 g/mol. The fourth-order valence-corrected chi connectivity index (χ4v) is 4.75. The van der Waals surface area contributed by atoms with E-state index >= 15 is 0 Å². The highest BCUT2D eigenvalue weighted by Crippen LogP contribution is 2.30. The highest BCUT2D eigenvalue weighted by molar-refractivity contribution is 8.00. The average Bonchev–Trinajstić information content (AvgIpc) is 2.37. The van der Waals surface area contributed by atoms with Gasteiger partial charge in [0.1, 0.15) is 5.75 Å². The fraction of sp³-hybridized carbons (Fsp3) is 0.625. The van der Waals surface area contributed by atoms with Crippen molar-refractivity contribution in [1.82, 2.24) is 4.72 Å². The van der Waals surface area contributed by atoms with Crippen molar-refractivity contribution >= 4 is 21.8 Å². The molecule has 0 aliphatic carbocycles. The predicted octanol–water partition coefficient (Wildman–Crippen LogP) is 3.43. The van der Waals surface area contributed by atoms with E-state index in [4.69, 9.17) is 4.74 Å². The maximum absolute atomic E-state index is 12.6. The molecule has 6 heteroatoms. The molecule has 0 radical (unpaired) electrons. The molecule has 0 aromatic heterocycles. The SMILES string of the molecule is COc1cc(C)c(S(=O)(=O)NCCSC(C)(C)C)c(C)c1C. The second-order valence-corrected chi connectivity index (χ2v) is 9.96. The van der Waals surface area contributed by atoms with Crippen LogP contribution >= 0.6 is 11.8 Å². The maximum atomic E-state index is 12.6. The second-order valence-electron chi connectivity index (χ2n) is 6.33. The van der Waals surface area contributed by atoms with Gasteiger partial charge in [-0.15, -0.1) is 0 Å². The van der Waals surface area contributed by atoms with E-state index in [-0.39, 0.29) is 4.75 Å². The molecule has 0 amide bonds. The van der Waals surface area contributed by atoms with Crippen LogP contribution in [-0.4, -0.2) is 32.6 Å². The van der Waals surface area contributed by atoms with Crippen molar-refractivity contribution in [2.45, 2.75) is 51.2 Å². The van der Waals surface area contributed by atoms with E-state index in [0.717, 1.165) is 22.6 Å². The molecule has 4 nitrogen and oxygen atoms in total. The number of rotatable bonds is 6. The van der Waals surface area contributed by atoms with Crippen molar-refractivity contribution < 1.29 is 13.2 Å². The van der Waals surface area contributed by atoms with Crippen molar-refractivity contribution in [2.75, 3.05) is 19.4 Å². The number of thioether (sulfide) groups is 1. The third kappa shape index (κ3) is 4.89. The molecule has 0 bridgehead atoms. The minimum Gasteiger partial charge on any atom is -0.496 e. The number of benzene rings is 1. The highest BCUT2D eigenvalue weighted by atomic mass is 32.2. The molecular weight excluding hydrogens is 318 g/mol. The Bertz CT molecular complexity index is 632. The Morgan fingerprint density at radius 1 is 1.18 bits per heavy atom. The molecule has 22 heavy (non-hydrogen) atoms. The Kier molecular flexibility index (Phi) is 6.36. The summed E-state index contributed by atoms with van der Waals surface area (Å²) in [5, 5.41) is 0. The third-order valence-corrected chi connectivity index (χ3v) is 6.42. The van der Waals surface area contributed by atoms with E-state index in [1.807, 2.05) is 13.8 Å². The Labute approximate surface area is 139 Å². The zero-order valence-corrected chi connectivity index (χ0v) is 16.2. The van der Waals surface area contributed by atoms with Crippen LogP contribution in [0.3, 0.4) is 0 Å². The summed E-state index contributed by atoms with van der Waals surface area (Å²) in [7, 11) is -1.91. The molecular formula is C16H27NO3S2. The first-order valence-electron chi connectivity index (χ1n) is 7.28. The molecule has 1 aromatic carbocycles. The van der Waals surface area contributed by atoms with Crippen LogP contribution in [0.2, 0.25) is 0 Å². The van der Waals surface area contributed by atoms with Crippen molar-refractivity contribution in [2.24, 2.45) is 0 Å². The van der Waals surface area contributed by atoms with Gasteiger partial charge in [-0.1, -0.05) is 20.8 Å². The van der Waals surface area contributed by atoms with E-state index in [1.54, 1.807) is 31.9 Å². The van der Waals surface area contributed by atoms with Crippen molar-refractivity contribution in [3.05, 3.63) is 22.8 Å². The summed E-state index contributed by atoms with van der Waals surface area (Å²) in [6.45, 7) is 12.3. The molecule has 0 aliphatic heterocycles. The zero-order chi connectivity index (χ0) is 17.1. The lowest BCUT2D eigenvalue weighted by molar-refractivity contribution is 0.410. The Morgan fingerprint density at radius 2 is 1.77 bits per heavy atom. The number of sulfonamides is 1. The molecule has 126 valence electrons. The molecule has 1 rings (SSSR count). The lowest BCUT2D eigenvalue weighted by Gasteiger charge is -2.19. The van der Waals surface area contributed by atoms with Crippen LogP contribution in [0.1, 0.15) is 37.5 Å². The van der Waals surface area contributed by atoms with Crippen LogP contribution in [0.5, 0.6) is 5.75 Å². The van der Waals surface area contributed by atoms with Gasteiger partial charge in [0, 0.05) is 17.0 Å². The van der Waals surface area contributed by atoms with Gasteiger partial charge in [-0.2, -0.15) is 11.8 Å². The summed E-state index contributed by atoms with van der Waals surface area (Å²) in [4.78, 5) is 0.367. The van der Waals surface area contributed by atoms with Gasteiger partial charge in [0.25, 0.3) is 0 Å². The molecule has 0 aliphatic rings. The Hall–Kier alpha value is -0.720. The smallest absolute Gasteiger partial charge is 0.241 e. The first-order valence-corrected chi connectivity index (χ1v) is 9.75. The van der Waals surface area contributed by atoms with Crippen molar-refractivity contribution in [1.29, 1.82) is 0 Å². The minimum absolute atomic E-state index is 0.133. The molecule has 0 atom stereocenters. The Morgan fingerprint density at radius 3 is 2.27 bits per heavy atom. The molecule has 1 N–H and O–H groups in total. The van der Waals surface area contributed by atoms with Crippen molar-refractivity contribution in [3.8, 4) is 5.75 Å². The molecule has 0 saturated carbocycles.